The first-order valence-corrected chi connectivity index (χ1v) is 24.0. The summed E-state index contributed by atoms with van der Waals surface area (Å²) >= 11 is 6.82. The Morgan fingerprint density at radius 2 is 0.985 bits per heavy atom. The lowest BCUT2D eigenvalue weighted by molar-refractivity contribution is 0.00578. The van der Waals surface area contributed by atoms with Crippen molar-refractivity contribution in [3.63, 3.8) is 0 Å². The van der Waals surface area contributed by atoms with Gasteiger partial charge in [-0.1, -0.05) is 58.4 Å². The molecule has 332 valence electrons. The van der Waals surface area contributed by atoms with E-state index in [0.717, 1.165) is 97.5 Å². The molecular weight excluding hydrogens is 937 g/mol. The number of fused-ring (bicyclic) bond motifs is 3. The van der Waals surface area contributed by atoms with Crippen LogP contribution in [-0.4, -0.2) is 38.3 Å². The third kappa shape index (κ3) is 10.4. The van der Waals surface area contributed by atoms with E-state index in [2.05, 4.69) is 116 Å². The monoisotopic (exact) mass is 991 g/mol. The third-order valence-corrected chi connectivity index (χ3v) is 14.3. The Morgan fingerprint density at radius 1 is 0.492 bits per heavy atom. The first kappa shape index (κ1) is 46.1. The second-order valence-electron chi connectivity index (χ2n) is 17.8. The van der Waals surface area contributed by atoms with Gasteiger partial charge in [0, 0.05) is 61.8 Å². The van der Waals surface area contributed by atoms with E-state index in [1.807, 2.05) is 66.9 Å². The quantitative estimate of drug-likeness (QED) is 0.116. The van der Waals surface area contributed by atoms with Gasteiger partial charge in [0.1, 0.15) is 0 Å². The van der Waals surface area contributed by atoms with Gasteiger partial charge in [-0.3, -0.25) is 19.9 Å². The van der Waals surface area contributed by atoms with Crippen molar-refractivity contribution in [3.05, 3.63) is 164 Å². The molecule has 5 heterocycles. The number of anilines is 3. The summed E-state index contributed by atoms with van der Waals surface area (Å²) in [6.45, 7) is 8.26. The van der Waals surface area contributed by atoms with Crippen molar-refractivity contribution in [1.29, 1.82) is 0 Å². The Balaban J connectivity index is 0.000000122. The number of aryl methyl sites for hydroxylation is 3. The van der Waals surface area contributed by atoms with Crippen LogP contribution in [0.15, 0.2) is 131 Å². The molecule has 3 aliphatic carbocycles. The lowest BCUT2D eigenvalue weighted by Gasteiger charge is -2.32. The van der Waals surface area contributed by atoms with Gasteiger partial charge in [-0.2, -0.15) is 0 Å². The molecule has 0 unspecified atom stereocenters. The van der Waals surface area contributed by atoms with Crippen LogP contribution < -0.4 is 22.7 Å². The van der Waals surface area contributed by atoms with Crippen molar-refractivity contribution in [2.75, 3.05) is 17.2 Å². The highest BCUT2D eigenvalue weighted by Gasteiger charge is 2.52. The van der Waals surface area contributed by atoms with Crippen molar-refractivity contribution in [2.45, 2.75) is 96.7 Å². The van der Waals surface area contributed by atoms with Crippen molar-refractivity contribution < 1.29 is 9.31 Å². The molecule has 1 saturated heterocycles. The van der Waals surface area contributed by atoms with Gasteiger partial charge in [-0.15, -0.1) is 0 Å². The molecule has 6 N–H and O–H groups in total. The highest BCUT2D eigenvalue weighted by Crippen LogP contribution is 2.39. The predicted molar refractivity (Wildman–Crippen MR) is 274 cm³/mol. The number of aromatic nitrogens is 4. The van der Waals surface area contributed by atoms with E-state index in [-0.39, 0.29) is 18.3 Å². The first-order valence-electron chi connectivity index (χ1n) is 22.4. The van der Waals surface area contributed by atoms with Gasteiger partial charge in [0.15, 0.2) is 0 Å². The number of nitrogens with zero attached hydrogens (tertiary/aromatic N) is 4. The van der Waals surface area contributed by atoms with Gasteiger partial charge >= 0.3 is 7.12 Å². The zero-order valence-corrected chi connectivity index (χ0v) is 40.8. The average molecular weight is 994 g/mol. The molecule has 1 aliphatic heterocycles. The molecule has 1 fully saturated rings. The predicted octanol–water partition coefficient (Wildman–Crippen LogP) is 11.4. The Hall–Kier alpha value is -5.40. The number of hydrogen-bond acceptors (Lipinski definition) is 9. The standard InChI is InChI=1S/C19H17N3.C15H22BNO2.C10H7BrN2.C9H10BrN/c20-19-15-5-3-4-13(15)7-8-16(19)14-9-11-22-18(12-14)17-6-1-2-10-21-17;1-14(2)15(3,4)19-16(18-14)12-9-8-10-6-5-7-11(10)13(12)17;11-8-4-6-13-10(7-8)9-3-1-2-5-12-9;10-8-5-4-6-2-1-3-7(6)9(8)11/h1-2,6-12H,3-5,20H2;8-9H,5-7,17H2,1-4H3;1-7H;4-5H,1-3,11H2. The smallest absolute Gasteiger partial charge is 0.399 e. The van der Waals surface area contributed by atoms with Crippen LogP contribution in [0.5, 0.6) is 0 Å². The Kier molecular flexibility index (Phi) is 14.2. The zero-order chi connectivity index (χ0) is 45.7. The molecule has 12 heteroatoms. The SMILES string of the molecule is Brc1ccnc(-c2ccccn2)c1.CC1(C)OB(c2ccc3c(c2N)CCC3)OC1(C)C.Nc1c(-c2ccnc(-c3ccccn3)c2)ccc2c1CCC2.Nc1c(Br)ccc2c1CCC2. The number of nitrogen functional groups attached to an aromatic ring is 3. The maximum atomic E-state index is 6.42. The second-order valence-corrected chi connectivity index (χ2v) is 19.6. The van der Waals surface area contributed by atoms with Crippen LogP contribution in [0.25, 0.3) is 33.9 Å². The normalized spacial score (nSPS) is 15.9. The Bertz CT molecular complexity index is 2770. The molecular formula is C53H56BBr2N7O2. The number of halogens is 2. The van der Waals surface area contributed by atoms with Crippen LogP contribution in [0.1, 0.15) is 80.3 Å². The van der Waals surface area contributed by atoms with Gasteiger partial charge in [-0.25, -0.2) is 0 Å². The highest BCUT2D eigenvalue weighted by molar-refractivity contribution is 9.10. The Morgan fingerprint density at radius 3 is 1.54 bits per heavy atom. The van der Waals surface area contributed by atoms with E-state index < -0.39 is 0 Å². The minimum absolute atomic E-state index is 0.316. The summed E-state index contributed by atoms with van der Waals surface area (Å²) in [5, 5.41) is 0. The molecule has 7 aromatic rings. The fraction of sp³-hybridized carbons (Fsp3) is 0.283. The van der Waals surface area contributed by atoms with E-state index >= 15 is 0 Å². The van der Waals surface area contributed by atoms with Gasteiger partial charge < -0.3 is 26.5 Å². The van der Waals surface area contributed by atoms with Crippen molar-refractivity contribution in [2.24, 2.45) is 0 Å². The summed E-state index contributed by atoms with van der Waals surface area (Å²) < 4.78 is 14.2. The molecule has 4 aromatic heterocycles. The van der Waals surface area contributed by atoms with Crippen LogP contribution in [0.3, 0.4) is 0 Å². The molecule has 0 amide bonds. The molecule has 0 radical (unpaired) electrons. The van der Waals surface area contributed by atoms with Crippen molar-refractivity contribution >= 4 is 61.5 Å². The van der Waals surface area contributed by atoms with Gasteiger partial charge in [0.05, 0.1) is 34.0 Å². The summed E-state index contributed by atoms with van der Waals surface area (Å²) in [6.07, 6.45) is 17.6. The molecule has 11 rings (SSSR count). The largest absolute Gasteiger partial charge is 0.496 e. The first-order chi connectivity index (χ1) is 31.3. The van der Waals surface area contributed by atoms with Crippen LogP contribution >= 0.6 is 31.9 Å². The minimum Gasteiger partial charge on any atom is -0.399 e. The summed E-state index contributed by atoms with van der Waals surface area (Å²) in [4.78, 5) is 17.2. The fourth-order valence-electron chi connectivity index (χ4n) is 8.81. The molecule has 0 atom stereocenters. The topological polar surface area (TPSA) is 148 Å². The summed E-state index contributed by atoms with van der Waals surface area (Å²) in [7, 11) is -0.351. The van der Waals surface area contributed by atoms with E-state index in [0.29, 0.717) is 0 Å². The van der Waals surface area contributed by atoms with Crippen molar-refractivity contribution in [1.82, 2.24) is 19.9 Å². The van der Waals surface area contributed by atoms with Crippen LogP contribution in [0.2, 0.25) is 0 Å². The Labute approximate surface area is 400 Å². The van der Waals surface area contributed by atoms with Gasteiger partial charge in [0.25, 0.3) is 0 Å². The lowest BCUT2D eigenvalue weighted by atomic mass is 9.76. The number of hydrogen-bond donors (Lipinski definition) is 3. The number of rotatable bonds is 4. The third-order valence-electron chi connectivity index (χ3n) is 13.1. The van der Waals surface area contributed by atoms with E-state index in [4.69, 9.17) is 26.5 Å². The van der Waals surface area contributed by atoms with Crippen LogP contribution in [0, 0.1) is 0 Å². The minimum atomic E-state index is -0.351. The van der Waals surface area contributed by atoms with Gasteiger partial charge in [0.2, 0.25) is 0 Å². The van der Waals surface area contributed by atoms with Crippen LogP contribution in [-0.2, 0) is 47.8 Å². The summed E-state index contributed by atoms with van der Waals surface area (Å²) in [5.41, 5.74) is 35.7. The summed E-state index contributed by atoms with van der Waals surface area (Å²) in [5.74, 6) is 0. The summed E-state index contributed by atoms with van der Waals surface area (Å²) in [6, 6.07) is 32.4. The zero-order valence-electron chi connectivity index (χ0n) is 37.6. The molecule has 9 nitrogen and oxygen atoms in total. The molecule has 65 heavy (non-hydrogen) atoms. The molecule has 0 saturated carbocycles. The molecule has 0 spiro atoms. The maximum Gasteiger partial charge on any atom is 0.496 e. The molecule has 4 aliphatic rings. The maximum absolute atomic E-state index is 6.42. The second kappa shape index (κ2) is 20.0. The van der Waals surface area contributed by atoms with E-state index in [1.54, 1.807) is 18.6 Å². The lowest BCUT2D eigenvalue weighted by Crippen LogP contribution is -2.41. The highest BCUT2D eigenvalue weighted by atomic mass is 79.9. The number of pyridine rings is 4. The van der Waals surface area contributed by atoms with Crippen LogP contribution in [0.4, 0.5) is 17.1 Å². The number of benzene rings is 3. The number of nitrogens with two attached hydrogens (primary N) is 3. The average Bonchev–Trinajstić information content (AvgIpc) is 4.14. The van der Waals surface area contributed by atoms with Gasteiger partial charge in [-0.05, 0) is 195 Å². The fourth-order valence-corrected chi connectivity index (χ4v) is 9.52. The van der Waals surface area contributed by atoms with Crippen molar-refractivity contribution in [3.8, 4) is 33.9 Å². The molecule has 0 bridgehead atoms. The van der Waals surface area contributed by atoms with E-state index in [9.17, 15) is 0 Å². The molecule has 3 aromatic carbocycles. The van der Waals surface area contributed by atoms with E-state index in [1.165, 1.54) is 59.1 Å².